The van der Waals surface area contributed by atoms with E-state index in [1.165, 1.54) is 6.26 Å². The molecule has 1 aromatic rings. The number of alkyl halides is 1. The van der Waals surface area contributed by atoms with E-state index in [0.29, 0.717) is 5.69 Å². The minimum atomic E-state index is -0.528. The first kappa shape index (κ1) is 6.26. The van der Waals surface area contributed by atoms with Crippen LogP contribution >= 0.6 is 0 Å². The number of hydrogen-bond acceptors (Lipinski definition) is 2. The molecule has 1 aromatic heterocycles. The van der Waals surface area contributed by atoms with E-state index < -0.39 is 6.67 Å². The Kier molecular flexibility index (Phi) is 1.82. The maximum atomic E-state index is 11.9. The van der Waals surface area contributed by atoms with Crippen LogP contribution in [-0.4, -0.2) is 5.16 Å². The van der Waals surface area contributed by atoms with Gasteiger partial charge in [0.05, 0.1) is 0 Å². The van der Waals surface area contributed by atoms with Crippen molar-refractivity contribution >= 4 is 0 Å². The lowest BCUT2D eigenvalue weighted by Crippen LogP contribution is -1.84. The third-order valence-electron chi connectivity index (χ3n) is 1.24. The van der Waals surface area contributed by atoms with Crippen molar-refractivity contribution < 1.29 is 8.91 Å². The first-order valence-corrected chi connectivity index (χ1v) is 2.86. The third-order valence-corrected chi connectivity index (χ3v) is 1.24. The van der Waals surface area contributed by atoms with E-state index in [1.807, 2.05) is 6.92 Å². The first-order valence-electron chi connectivity index (χ1n) is 2.86. The van der Waals surface area contributed by atoms with Crippen LogP contribution in [0.5, 0.6) is 0 Å². The predicted molar refractivity (Wildman–Crippen MR) is 30.7 cm³/mol. The van der Waals surface area contributed by atoms with E-state index in [4.69, 9.17) is 0 Å². The molecule has 0 N–H and O–H groups in total. The van der Waals surface area contributed by atoms with Gasteiger partial charge in [0.25, 0.3) is 0 Å². The predicted octanol–water partition coefficient (Wildman–Crippen LogP) is 1.71. The topological polar surface area (TPSA) is 26.0 Å². The summed E-state index contributed by atoms with van der Waals surface area (Å²) in [4.78, 5) is 0. The van der Waals surface area contributed by atoms with Crippen LogP contribution in [0.4, 0.5) is 4.39 Å². The van der Waals surface area contributed by atoms with Gasteiger partial charge in [-0.1, -0.05) is 12.1 Å². The molecule has 0 fully saturated rings. The maximum Gasteiger partial charge on any atom is 0.135 e. The maximum absolute atomic E-state index is 11.9. The second kappa shape index (κ2) is 2.62. The lowest BCUT2D eigenvalue weighted by Gasteiger charge is -1.86. The summed E-state index contributed by atoms with van der Waals surface area (Å²) in [5.41, 5.74) is 1.29. The summed E-state index contributed by atoms with van der Waals surface area (Å²) >= 11 is 0. The van der Waals surface area contributed by atoms with Crippen LogP contribution in [0.15, 0.2) is 10.8 Å². The molecule has 2 nitrogen and oxygen atoms in total. The van der Waals surface area contributed by atoms with Crippen molar-refractivity contribution in [3.63, 3.8) is 0 Å². The molecule has 3 heteroatoms. The lowest BCUT2D eigenvalue weighted by atomic mass is 10.2. The van der Waals surface area contributed by atoms with Gasteiger partial charge < -0.3 is 4.52 Å². The molecular formula is C6H8FNO. The van der Waals surface area contributed by atoms with Gasteiger partial charge in [-0.25, -0.2) is 4.39 Å². The van der Waals surface area contributed by atoms with E-state index in [0.717, 1.165) is 12.0 Å². The van der Waals surface area contributed by atoms with Crippen LogP contribution in [0, 0.1) is 0 Å². The second-order valence-corrected chi connectivity index (χ2v) is 1.77. The summed E-state index contributed by atoms with van der Waals surface area (Å²) in [6.07, 6.45) is 2.26. The molecule has 0 unspecified atom stereocenters. The van der Waals surface area contributed by atoms with Crippen molar-refractivity contribution in [2.45, 2.75) is 20.0 Å². The molecule has 1 heterocycles. The summed E-state index contributed by atoms with van der Waals surface area (Å²) < 4.78 is 16.4. The SMILES string of the molecule is CCc1conc1CF. The standard InChI is InChI=1S/C6H8FNO/c1-2-5-4-9-8-6(5)3-7/h4H,2-3H2,1H3. The average Bonchev–Trinajstić information content (AvgIpc) is 2.33. The van der Waals surface area contributed by atoms with Gasteiger partial charge >= 0.3 is 0 Å². The largest absolute Gasteiger partial charge is 0.364 e. The third kappa shape index (κ3) is 1.09. The minimum absolute atomic E-state index is 0.428. The highest BCUT2D eigenvalue weighted by molar-refractivity contribution is 5.12. The highest BCUT2D eigenvalue weighted by atomic mass is 19.1. The molecule has 0 saturated heterocycles. The molecule has 0 saturated carbocycles. The zero-order valence-electron chi connectivity index (χ0n) is 5.22. The van der Waals surface area contributed by atoms with E-state index >= 15 is 0 Å². The summed E-state index contributed by atoms with van der Waals surface area (Å²) in [7, 11) is 0. The van der Waals surface area contributed by atoms with Crippen LogP contribution in [0.1, 0.15) is 18.2 Å². The summed E-state index contributed by atoms with van der Waals surface area (Å²) in [5, 5.41) is 3.46. The van der Waals surface area contributed by atoms with E-state index in [2.05, 4.69) is 9.68 Å². The quantitative estimate of drug-likeness (QED) is 0.607. The number of nitrogens with zero attached hydrogens (tertiary/aromatic N) is 1. The number of halogens is 1. The highest BCUT2D eigenvalue weighted by Gasteiger charge is 2.02. The Morgan fingerprint density at radius 1 is 1.78 bits per heavy atom. The molecule has 0 bridgehead atoms. The van der Waals surface area contributed by atoms with Gasteiger partial charge in [-0.2, -0.15) is 0 Å². The van der Waals surface area contributed by atoms with Gasteiger partial charge in [0.2, 0.25) is 0 Å². The Balaban J connectivity index is 2.85. The van der Waals surface area contributed by atoms with Gasteiger partial charge in [-0.3, -0.25) is 0 Å². The Morgan fingerprint density at radius 3 is 3.00 bits per heavy atom. The summed E-state index contributed by atoms with van der Waals surface area (Å²) in [6.45, 7) is 1.41. The Bertz CT molecular complexity index is 166. The second-order valence-electron chi connectivity index (χ2n) is 1.77. The zero-order chi connectivity index (χ0) is 6.69. The fourth-order valence-electron chi connectivity index (χ4n) is 0.678. The van der Waals surface area contributed by atoms with Crippen LogP contribution in [0.3, 0.4) is 0 Å². The van der Waals surface area contributed by atoms with E-state index in [1.54, 1.807) is 0 Å². The Hall–Kier alpha value is -0.860. The minimum Gasteiger partial charge on any atom is -0.364 e. The van der Waals surface area contributed by atoms with Gasteiger partial charge in [0.1, 0.15) is 18.6 Å². The van der Waals surface area contributed by atoms with E-state index in [9.17, 15) is 4.39 Å². The molecule has 0 spiro atoms. The molecule has 0 aliphatic carbocycles. The van der Waals surface area contributed by atoms with Crippen molar-refractivity contribution in [1.82, 2.24) is 5.16 Å². The van der Waals surface area contributed by atoms with Gasteiger partial charge in [-0.15, -0.1) is 0 Å². The monoisotopic (exact) mass is 129 g/mol. The fraction of sp³-hybridized carbons (Fsp3) is 0.500. The van der Waals surface area contributed by atoms with Crippen molar-refractivity contribution in [2.24, 2.45) is 0 Å². The molecule has 0 atom stereocenters. The highest BCUT2D eigenvalue weighted by Crippen LogP contribution is 2.07. The molecule has 0 aliphatic rings. The lowest BCUT2D eigenvalue weighted by molar-refractivity contribution is 0.388. The van der Waals surface area contributed by atoms with Crippen molar-refractivity contribution in [3.05, 3.63) is 17.5 Å². The van der Waals surface area contributed by atoms with Gasteiger partial charge in [0.15, 0.2) is 0 Å². The summed E-state index contributed by atoms with van der Waals surface area (Å²) in [6, 6.07) is 0. The van der Waals surface area contributed by atoms with Crippen molar-refractivity contribution in [1.29, 1.82) is 0 Å². The Labute approximate surface area is 52.7 Å². The molecule has 0 amide bonds. The molecule has 0 aliphatic heterocycles. The van der Waals surface area contributed by atoms with Gasteiger partial charge in [0, 0.05) is 5.56 Å². The smallest absolute Gasteiger partial charge is 0.135 e. The van der Waals surface area contributed by atoms with Crippen LogP contribution < -0.4 is 0 Å². The number of hydrogen-bond donors (Lipinski definition) is 0. The molecule has 0 radical (unpaired) electrons. The first-order chi connectivity index (χ1) is 4.38. The van der Waals surface area contributed by atoms with E-state index in [-0.39, 0.29) is 0 Å². The normalized spacial score (nSPS) is 10.0. The van der Waals surface area contributed by atoms with Crippen LogP contribution in [-0.2, 0) is 13.1 Å². The molecule has 1 rings (SSSR count). The molecular weight excluding hydrogens is 121 g/mol. The molecule has 0 aromatic carbocycles. The molecule has 50 valence electrons. The fourth-order valence-corrected chi connectivity index (χ4v) is 0.678. The molecule has 9 heavy (non-hydrogen) atoms. The van der Waals surface area contributed by atoms with Crippen LogP contribution in [0.25, 0.3) is 0 Å². The van der Waals surface area contributed by atoms with Crippen molar-refractivity contribution in [2.75, 3.05) is 0 Å². The zero-order valence-corrected chi connectivity index (χ0v) is 5.22. The Morgan fingerprint density at radius 2 is 2.56 bits per heavy atom. The number of aromatic nitrogens is 1. The van der Waals surface area contributed by atoms with Crippen LogP contribution in [0.2, 0.25) is 0 Å². The average molecular weight is 129 g/mol. The van der Waals surface area contributed by atoms with Crippen molar-refractivity contribution in [3.8, 4) is 0 Å². The van der Waals surface area contributed by atoms with Gasteiger partial charge in [-0.05, 0) is 6.42 Å². The summed E-state index contributed by atoms with van der Waals surface area (Å²) in [5.74, 6) is 0. The number of aryl methyl sites for hydroxylation is 1. The number of rotatable bonds is 2.